The van der Waals surface area contributed by atoms with Gasteiger partial charge >= 0.3 is 5.97 Å². The Morgan fingerprint density at radius 1 is 1.07 bits per heavy atom. The summed E-state index contributed by atoms with van der Waals surface area (Å²) < 4.78 is 6.97. The van der Waals surface area contributed by atoms with Crippen molar-refractivity contribution in [3.8, 4) is 5.69 Å². The molecule has 0 unspecified atom stereocenters. The minimum absolute atomic E-state index is 0.107. The van der Waals surface area contributed by atoms with E-state index in [4.69, 9.17) is 16.3 Å². The van der Waals surface area contributed by atoms with E-state index < -0.39 is 5.97 Å². The molecule has 1 aromatic heterocycles. The van der Waals surface area contributed by atoms with Gasteiger partial charge in [0.15, 0.2) is 12.4 Å². The quantitative estimate of drug-likeness (QED) is 0.319. The molecule has 0 N–H and O–H groups in total. The minimum atomic E-state index is -0.446. The molecule has 0 atom stereocenters. The van der Waals surface area contributed by atoms with Crippen molar-refractivity contribution >= 4 is 35.1 Å². The third-order valence-corrected chi connectivity index (χ3v) is 5.60. The highest BCUT2D eigenvalue weighted by molar-refractivity contribution is 8.00. The number of Topliss-reactive ketones (excluding diaryl/α,β-unsaturated/α-hetero) is 1. The van der Waals surface area contributed by atoms with E-state index in [1.807, 2.05) is 48.9 Å². The Kier molecular flexibility index (Phi) is 6.54. The minimum Gasteiger partial charge on any atom is -0.457 e. The Bertz CT molecular complexity index is 985. The molecule has 144 valence electrons. The van der Waals surface area contributed by atoms with Crippen LogP contribution in [0.25, 0.3) is 5.69 Å². The Labute approximate surface area is 172 Å². The Balaban J connectivity index is 1.57. The Morgan fingerprint density at radius 3 is 2.43 bits per heavy atom. The number of esters is 1. The highest BCUT2D eigenvalue weighted by Crippen LogP contribution is 2.28. The summed E-state index contributed by atoms with van der Waals surface area (Å²) in [6, 6.07) is 16.3. The highest BCUT2D eigenvalue weighted by atomic mass is 35.5. The molecule has 0 saturated carbocycles. The highest BCUT2D eigenvalue weighted by Gasteiger charge is 2.16. The van der Waals surface area contributed by atoms with Gasteiger partial charge in [0.1, 0.15) is 0 Å². The van der Waals surface area contributed by atoms with Crippen LogP contribution in [0.1, 0.15) is 21.7 Å². The molecule has 0 aliphatic heterocycles. The second-order valence-electron chi connectivity index (χ2n) is 6.13. The fourth-order valence-corrected chi connectivity index (χ4v) is 3.71. The molecule has 7 heteroatoms. The lowest BCUT2D eigenvalue weighted by atomic mass is 10.1. The number of aryl methyl sites for hydroxylation is 1. The Morgan fingerprint density at radius 2 is 1.75 bits per heavy atom. The van der Waals surface area contributed by atoms with E-state index in [9.17, 15) is 9.59 Å². The SMILES string of the molecule is Cc1nn(-c2ccccc2)c(C)c1SCC(=O)OCC(=O)c1ccc(Cl)cc1. The molecule has 0 radical (unpaired) electrons. The van der Waals surface area contributed by atoms with Crippen molar-refractivity contribution in [2.75, 3.05) is 12.4 Å². The molecule has 0 spiro atoms. The van der Waals surface area contributed by atoms with Crippen molar-refractivity contribution in [2.45, 2.75) is 18.7 Å². The van der Waals surface area contributed by atoms with E-state index in [1.165, 1.54) is 11.8 Å². The molecule has 3 rings (SSSR count). The number of thioether (sulfide) groups is 1. The molecule has 0 fully saturated rings. The summed E-state index contributed by atoms with van der Waals surface area (Å²) in [7, 11) is 0. The number of aromatic nitrogens is 2. The molecule has 0 bridgehead atoms. The van der Waals surface area contributed by atoms with Crippen molar-refractivity contribution in [3.05, 3.63) is 76.6 Å². The average molecular weight is 415 g/mol. The molecule has 0 aliphatic carbocycles. The van der Waals surface area contributed by atoms with Crippen LogP contribution in [0.2, 0.25) is 5.02 Å². The van der Waals surface area contributed by atoms with E-state index in [0.29, 0.717) is 10.6 Å². The molecule has 0 amide bonds. The number of hydrogen-bond donors (Lipinski definition) is 0. The van der Waals surface area contributed by atoms with Crippen LogP contribution in [0, 0.1) is 13.8 Å². The lowest BCUT2D eigenvalue weighted by molar-refractivity contribution is -0.139. The van der Waals surface area contributed by atoms with E-state index >= 15 is 0 Å². The first kappa shape index (κ1) is 20.2. The van der Waals surface area contributed by atoms with Crippen molar-refractivity contribution in [2.24, 2.45) is 0 Å². The van der Waals surface area contributed by atoms with Gasteiger partial charge < -0.3 is 4.74 Å². The fraction of sp³-hybridized carbons (Fsp3) is 0.190. The third kappa shape index (κ3) is 4.82. The van der Waals surface area contributed by atoms with Gasteiger partial charge in [-0.15, -0.1) is 11.8 Å². The van der Waals surface area contributed by atoms with Crippen LogP contribution in [-0.4, -0.2) is 33.9 Å². The van der Waals surface area contributed by atoms with Gasteiger partial charge in [0, 0.05) is 10.6 Å². The molecule has 5 nitrogen and oxygen atoms in total. The van der Waals surface area contributed by atoms with Crippen LogP contribution in [-0.2, 0) is 9.53 Å². The molecule has 0 aliphatic rings. The first-order valence-electron chi connectivity index (χ1n) is 8.64. The zero-order valence-corrected chi connectivity index (χ0v) is 17.1. The van der Waals surface area contributed by atoms with Gasteiger partial charge in [0.05, 0.1) is 27.7 Å². The second-order valence-corrected chi connectivity index (χ2v) is 7.55. The smallest absolute Gasteiger partial charge is 0.316 e. The maximum Gasteiger partial charge on any atom is 0.316 e. The van der Waals surface area contributed by atoms with Crippen LogP contribution in [0.3, 0.4) is 0 Å². The van der Waals surface area contributed by atoms with Gasteiger partial charge in [-0.3, -0.25) is 9.59 Å². The van der Waals surface area contributed by atoms with Gasteiger partial charge in [-0.25, -0.2) is 4.68 Å². The third-order valence-electron chi connectivity index (χ3n) is 4.09. The number of para-hydroxylation sites is 1. The lowest BCUT2D eigenvalue weighted by Crippen LogP contribution is -2.15. The number of nitrogens with zero attached hydrogens (tertiary/aromatic N) is 2. The molecule has 1 heterocycles. The number of carbonyl (C=O) groups is 2. The van der Waals surface area contributed by atoms with Crippen molar-refractivity contribution in [3.63, 3.8) is 0 Å². The maximum atomic E-state index is 12.1. The van der Waals surface area contributed by atoms with Gasteiger partial charge in [0.25, 0.3) is 0 Å². The summed E-state index contributed by atoms with van der Waals surface area (Å²) in [6.45, 7) is 3.58. The monoisotopic (exact) mass is 414 g/mol. The van der Waals surface area contributed by atoms with Crippen LogP contribution in [0.15, 0.2) is 59.5 Å². The maximum absolute atomic E-state index is 12.1. The number of hydrogen-bond acceptors (Lipinski definition) is 5. The Hall–Kier alpha value is -2.57. The standard InChI is InChI=1S/C21H19ClN2O3S/c1-14-21(15(2)24(23-14)18-6-4-3-5-7-18)28-13-20(26)27-12-19(25)16-8-10-17(22)11-9-16/h3-11H,12-13H2,1-2H3. The van der Waals surface area contributed by atoms with Gasteiger partial charge in [-0.05, 0) is 50.2 Å². The van der Waals surface area contributed by atoms with Gasteiger partial charge in [-0.1, -0.05) is 29.8 Å². The van der Waals surface area contributed by atoms with E-state index in [-0.39, 0.29) is 18.1 Å². The largest absolute Gasteiger partial charge is 0.457 e. The van der Waals surface area contributed by atoms with Crippen LogP contribution >= 0.6 is 23.4 Å². The van der Waals surface area contributed by atoms with Crippen molar-refractivity contribution in [1.82, 2.24) is 9.78 Å². The van der Waals surface area contributed by atoms with E-state index in [2.05, 4.69) is 5.10 Å². The molecule has 28 heavy (non-hydrogen) atoms. The predicted molar refractivity (Wildman–Crippen MR) is 111 cm³/mol. The second kappa shape index (κ2) is 9.08. The summed E-state index contributed by atoms with van der Waals surface area (Å²) >= 11 is 7.16. The first-order chi connectivity index (χ1) is 13.5. The summed E-state index contributed by atoms with van der Waals surface area (Å²) in [6.07, 6.45) is 0. The summed E-state index contributed by atoms with van der Waals surface area (Å²) in [4.78, 5) is 25.1. The number of halogens is 1. The fourth-order valence-electron chi connectivity index (χ4n) is 2.70. The molecule has 2 aromatic carbocycles. The molecular weight excluding hydrogens is 396 g/mol. The average Bonchev–Trinajstić information content (AvgIpc) is 2.99. The topological polar surface area (TPSA) is 61.2 Å². The van der Waals surface area contributed by atoms with Crippen molar-refractivity contribution in [1.29, 1.82) is 0 Å². The summed E-state index contributed by atoms with van der Waals surface area (Å²) in [5.74, 6) is -0.603. The molecule has 3 aromatic rings. The molecular formula is C21H19ClN2O3S. The first-order valence-corrected chi connectivity index (χ1v) is 10.0. The lowest BCUT2D eigenvalue weighted by Gasteiger charge is -2.06. The number of ether oxygens (including phenoxy) is 1. The zero-order valence-electron chi connectivity index (χ0n) is 15.5. The van der Waals surface area contributed by atoms with Gasteiger partial charge in [0.2, 0.25) is 0 Å². The number of benzene rings is 2. The zero-order chi connectivity index (χ0) is 20.1. The molecule has 0 saturated heterocycles. The summed E-state index contributed by atoms with van der Waals surface area (Å²) in [5.41, 5.74) is 3.22. The normalized spacial score (nSPS) is 10.7. The van der Waals surface area contributed by atoms with E-state index in [0.717, 1.165) is 22.0 Å². The van der Waals surface area contributed by atoms with Crippen molar-refractivity contribution < 1.29 is 14.3 Å². The number of rotatable bonds is 7. The van der Waals surface area contributed by atoms with Gasteiger partial charge in [-0.2, -0.15) is 5.10 Å². The van der Waals surface area contributed by atoms with Crippen LogP contribution in [0.5, 0.6) is 0 Å². The van der Waals surface area contributed by atoms with E-state index in [1.54, 1.807) is 24.3 Å². The predicted octanol–water partition coefficient (Wildman–Crippen LogP) is 4.66. The number of carbonyl (C=O) groups excluding carboxylic acids is 2. The van der Waals surface area contributed by atoms with Crippen LogP contribution < -0.4 is 0 Å². The summed E-state index contributed by atoms with van der Waals surface area (Å²) in [5, 5.41) is 5.11. The number of ketones is 1. The van der Waals surface area contributed by atoms with Crippen LogP contribution in [0.4, 0.5) is 0 Å².